The van der Waals surface area contributed by atoms with Crippen LogP contribution >= 0.6 is 11.8 Å². The van der Waals surface area contributed by atoms with Crippen molar-refractivity contribution < 1.29 is 0 Å². The molecule has 0 fully saturated rings. The smallest absolute Gasteiger partial charge is 0.0107 e. The molecule has 1 nitrogen and oxygen atoms in total. The van der Waals surface area contributed by atoms with E-state index in [-0.39, 0.29) is 0 Å². The van der Waals surface area contributed by atoms with Gasteiger partial charge in [0.25, 0.3) is 0 Å². The molecule has 1 atom stereocenters. The van der Waals surface area contributed by atoms with Crippen molar-refractivity contribution >= 4 is 11.8 Å². The molecule has 2 heteroatoms. The van der Waals surface area contributed by atoms with Crippen molar-refractivity contribution in [2.45, 2.75) is 38.0 Å². The summed E-state index contributed by atoms with van der Waals surface area (Å²) in [6.07, 6.45) is 1.28. The minimum Gasteiger partial charge on any atom is -0.316 e. The van der Waals surface area contributed by atoms with Crippen molar-refractivity contribution in [3.05, 3.63) is 29.8 Å². The first-order valence-electron chi connectivity index (χ1n) is 6.55. The molecule has 0 radical (unpaired) electrons. The molecule has 1 aromatic rings. The third-order valence-corrected chi connectivity index (χ3v) is 4.70. The first kappa shape index (κ1) is 13.0. The van der Waals surface area contributed by atoms with E-state index in [2.05, 4.69) is 50.4 Å². The van der Waals surface area contributed by atoms with Gasteiger partial charge >= 0.3 is 0 Å². The summed E-state index contributed by atoms with van der Waals surface area (Å²) in [5, 5.41) is 3.48. The largest absolute Gasteiger partial charge is 0.316 e. The van der Waals surface area contributed by atoms with E-state index in [1.165, 1.54) is 17.1 Å². The number of fused-ring (bicyclic) bond motifs is 1. The van der Waals surface area contributed by atoms with Crippen LogP contribution in [-0.2, 0) is 0 Å². The molecule has 1 heterocycles. The zero-order valence-corrected chi connectivity index (χ0v) is 11.9. The first-order chi connectivity index (χ1) is 8.12. The maximum Gasteiger partial charge on any atom is 0.0107 e. The van der Waals surface area contributed by atoms with Gasteiger partial charge in [-0.05, 0) is 35.9 Å². The molecule has 1 unspecified atom stereocenters. The van der Waals surface area contributed by atoms with Crippen LogP contribution in [0.5, 0.6) is 0 Å². The fourth-order valence-corrected chi connectivity index (χ4v) is 3.86. The fraction of sp³-hybridized carbons (Fsp3) is 0.600. The minimum absolute atomic E-state index is 0.388. The van der Waals surface area contributed by atoms with Crippen LogP contribution in [-0.4, -0.2) is 18.8 Å². The zero-order chi connectivity index (χ0) is 12.3. The summed E-state index contributed by atoms with van der Waals surface area (Å²) >= 11 is 2.02. The van der Waals surface area contributed by atoms with Gasteiger partial charge in [0.2, 0.25) is 0 Å². The second-order valence-corrected chi connectivity index (χ2v) is 6.76. The molecule has 0 amide bonds. The van der Waals surface area contributed by atoms with Crippen LogP contribution in [0, 0.1) is 5.41 Å². The molecule has 0 saturated carbocycles. The average molecular weight is 249 g/mol. The molecular weight excluding hydrogens is 226 g/mol. The predicted molar refractivity (Wildman–Crippen MR) is 76.8 cm³/mol. The lowest BCUT2D eigenvalue weighted by Gasteiger charge is -2.28. The number of benzene rings is 1. The minimum atomic E-state index is 0.388. The molecule has 0 aromatic heterocycles. The summed E-state index contributed by atoms with van der Waals surface area (Å²) in [4.78, 5) is 1.50. The van der Waals surface area contributed by atoms with Crippen LogP contribution in [0.1, 0.15) is 38.7 Å². The van der Waals surface area contributed by atoms with Crippen molar-refractivity contribution in [2.24, 2.45) is 5.41 Å². The van der Waals surface area contributed by atoms with E-state index in [9.17, 15) is 0 Å². The van der Waals surface area contributed by atoms with Crippen molar-refractivity contribution in [1.82, 2.24) is 5.32 Å². The molecule has 94 valence electrons. The van der Waals surface area contributed by atoms with Crippen LogP contribution < -0.4 is 5.32 Å². The second-order valence-electron chi connectivity index (χ2n) is 5.69. The molecule has 0 saturated heterocycles. The lowest BCUT2D eigenvalue weighted by Crippen LogP contribution is -2.30. The molecule has 0 spiro atoms. The number of hydrogen-bond acceptors (Lipinski definition) is 2. The Hall–Kier alpha value is -0.470. The van der Waals surface area contributed by atoms with Crippen LogP contribution in [0.15, 0.2) is 29.2 Å². The van der Waals surface area contributed by atoms with E-state index < -0.39 is 0 Å². The van der Waals surface area contributed by atoms with Crippen LogP contribution in [0.3, 0.4) is 0 Å². The van der Waals surface area contributed by atoms with Gasteiger partial charge in [0.1, 0.15) is 0 Å². The van der Waals surface area contributed by atoms with Crippen molar-refractivity contribution in [1.29, 1.82) is 0 Å². The Morgan fingerprint density at radius 2 is 2.12 bits per heavy atom. The summed E-state index contributed by atoms with van der Waals surface area (Å²) < 4.78 is 0. The summed E-state index contributed by atoms with van der Waals surface area (Å²) in [6, 6.07) is 8.90. The number of hydrogen-bond donors (Lipinski definition) is 1. The molecular formula is C15H23NS. The van der Waals surface area contributed by atoms with Gasteiger partial charge in [-0.1, -0.05) is 39.0 Å². The normalized spacial score (nSPS) is 19.4. The van der Waals surface area contributed by atoms with Crippen LogP contribution in [0.25, 0.3) is 0 Å². The molecule has 17 heavy (non-hydrogen) atoms. The lowest BCUT2D eigenvalue weighted by atomic mass is 9.80. The summed E-state index contributed by atoms with van der Waals surface area (Å²) in [6.45, 7) is 9.12. The average Bonchev–Trinajstić information content (AvgIpc) is 2.70. The number of thioether (sulfide) groups is 1. The summed E-state index contributed by atoms with van der Waals surface area (Å²) in [5.41, 5.74) is 1.96. The third-order valence-electron chi connectivity index (χ3n) is 3.45. The Morgan fingerprint density at radius 3 is 2.88 bits per heavy atom. The molecule has 0 bridgehead atoms. The standard InChI is InChI=1S/C15H23NS/c1-4-16-11-15(2,3)9-12-10-17-14-8-6-5-7-13(12)14/h5-8,12,16H,4,9-11H2,1-3H3. The number of rotatable bonds is 5. The molecule has 1 aliphatic rings. The van der Waals surface area contributed by atoms with E-state index in [1.54, 1.807) is 5.56 Å². The number of nitrogens with one attached hydrogen (secondary N) is 1. The molecule has 1 aromatic carbocycles. The lowest BCUT2D eigenvalue weighted by molar-refractivity contribution is 0.298. The Bertz CT molecular complexity index is 373. The van der Waals surface area contributed by atoms with Gasteiger partial charge in [-0.2, -0.15) is 0 Å². The Kier molecular flexibility index (Phi) is 4.16. The monoisotopic (exact) mass is 249 g/mol. The van der Waals surface area contributed by atoms with Crippen molar-refractivity contribution in [2.75, 3.05) is 18.8 Å². The predicted octanol–water partition coefficient (Wildman–Crippen LogP) is 3.90. The quantitative estimate of drug-likeness (QED) is 0.849. The van der Waals surface area contributed by atoms with Crippen LogP contribution in [0.4, 0.5) is 0 Å². The highest BCUT2D eigenvalue weighted by Gasteiger charge is 2.29. The van der Waals surface area contributed by atoms with Crippen LogP contribution in [0.2, 0.25) is 0 Å². The topological polar surface area (TPSA) is 12.0 Å². The van der Waals surface area contributed by atoms with Crippen molar-refractivity contribution in [3.8, 4) is 0 Å². The van der Waals surface area contributed by atoms with E-state index in [0.717, 1.165) is 19.0 Å². The van der Waals surface area contributed by atoms with Gasteiger partial charge in [0.05, 0.1) is 0 Å². The van der Waals surface area contributed by atoms with E-state index in [4.69, 9.17) is 0 Å². The van der Waals surface area contributed by atoms with Gasteiger partial charge in [-0.25, -0.2) is 0 Å². The Labute approximate surface area is 109 Å². The first-order valence-corrected chi connectivity index (χ1v) is 7.53. The van der Waals surface area contributed by atoms with Gasteiger partial charge in [-0.15, -0.1) is 11.8 Å². The summed E-state index contributed by atoms with van der Waals surface area (Å²) in [7, 11) is 0. The molecule has 2 rings (SSSR count). The second kappa shape index (κ2) is 5.45. The van der Waals surface area contributed by atoms with Gasteiger partial charge in [0.15, 0.2) is 0 Å². The Morgan fingerprint density at radius 1 is 1.35 bits per heavy atom. The van der Waals surface area contributed by atoms with Crippen molar-refractivity contribution in [3.63, 3.8) is 0 Å². The maximum absolute atomic E-state index is 3.48. The Balaban J connectivity index is 2.01. The highest BCUT2D eigenvalue weighted by molar-refractivity contribution is 7.99. The highest BCUT2D eigenvalue weighted by Crippen LogP contribution is 2.44. The van der Waals surface area contributed by atoms with Gasteiger partial charge in [0, 0.05) is 17.2 Å². The molecule has 1 N–H and O–H groups in total. The van der Waals surface area contributed by atoms with Gasteiger partial charge in [-0.3, -0.25) is 0 Å². The summed E-state index contributed by atoms with van der Waals surface area (Å²) in [5.74, 6) is 2.00. The fourth-order valence-electron chi connectivity index (χ4n) is 2.60. The third kappa shape index (κ3) is 3.26. The highest BCUT2D eigenvalue weighted by atomic mass is 32.2. The molecule has 0 aliphatic carbocycles. The SMILES string of the molecule is CCNCC(C)(C)CC1CSc2ccccc21. The van der Waals surface area contributed by atoms with E-state index in [0.29, 0.717) is 5.41 Å². The zero-order valence-electron chi connectivity index (χ0n) is 11.1. The maximum atomic E-state index is 3.48. The molecule has 1 aliphatic heterocycles. The van der Waals surface area contributed by atoms with E-state index >= 15 is 0 Å². The van der Waals surface area contributed by atoms with Gasteiger partial charge < -0.3 is 5.32 Å². The van der Waals surface area contributed by atoms with E-state index in [1.807, 2.05) is 11.8 Å².